The minimum Gasteiger partial charge on any atom is -0.506 e. The number of anilines is 1. The number of carbonyl (C=O) groups excluding carboxylic acids is 1. The molecule has 10 nitrogen and oxygen atoms in total. The van der Waals surface area contributed by atoms with Gasteiger partial charge in [-0.15, -0.1) is 0 Å². The van der Waals surface area contributed by atoms with Gasteiger partial charge in [-0.25, -0.2) is 4.79 Å². The number of aromatic amines is 1. The maximum Gasteiger partial charge on any atom is 0.414 e. The van der Waals surface area contributed by atoms with Gasteiger partial charge in [-0.05, 0) is 86.6 Å². The molecule has 10 heteroatoms. The second-order valence-electron chi connectivity index (χ2n) is 13.3. The predicted octanol–water partition coefficient (Wildman–Crippen LogP) is 6.12. The minimum absolute atomic E-state index is 0.0161. The van der Waals surface area contributed by atoms with Gasteiger partial charge in [-0.1, -0.05) is 61.7 Å². The van der Waals surface area contributed by atoms with Gasteiger partial charge < -0.3 is 30.0 Å². The molecule has 1 amide bonds. The van der Waals surface area contributed by atoms with Crippen LogP contribution in [0.1, 0.15) is 62.2 Å². The van der Waals surface area contributed by atoms with E-state index in [9.17, 15) is 19.8 Å². The summed E-state index contributed by atoms with van der Waals surface area (Å²) in [5.41, 5.74) is 2.50. The number of hydrogen-bond acceptors (Lipinski definition) is 8. The van der Waals surface area contributed by atoms with Crippen molar-refractivity contribution in [2.75, 3.05) is 44.2 Å². The number of aromatic hydroxyl groups is 1. The fourth-order valence-corrected chi connectivity index (χ4v) is 6.98. The topological polar surface area (TPSA) is 127 Å². The summed E-state index contributed by atoms with van der Waals surface area (Å²) in [6, 6.07) is 23.9. The molecule has 3 saturated heterocycles. The molecule has 3 aromatic carbocycles. The highest BCUT2D eigenvalue weighted by molar-refractivity contribution is 5.88. The maximum atomic E-state index is 13.6. The molecule has 0 saturated carbocycles. The summed E-state index contributed by atoms with van der Waals surface area (Å²) in [7, 11) is 0. The first-order valence-electron chi connectivity index (χ1n) is 17.7. The molecular formula is C39H48N4O6. The highest BCUT2D eigenvalue weighted by Gasteiger charge is 2.37. The summed E-state index contributed by atoms with van der Waals surface area (Å²) in [6.07, 6.45) is 6.17. The lowest BCUT2D eigenvalue weighted by Gasteiger charge is -2.44. The van der Waals surface area contributed by atoms with Crippen molar-refractivity contribution in [3.05, 3.63) is 100 Å². The number of nitrogens with zero attached hydrogens (tertiary/aromatic N) is 2. The van der Waals surface area contributed by atoms with Crippen molar-refractivity contribution in [1.29, 1.82) is 0 Å². The van der Waals surface area contributed by atoms with Gasteiger partial charge >= 0.3 is 6.09 Å². The number of fused-ring (bicyclic) bond motifs is 4. The third kappa shape index (κ3) is 9.20. The number of carbonyl (C=O) groups is 1. The van der Waals surface area contributed by atoms with E-state index in [1.54, 1.807) is 17.0 Å². The number of nitrogens with one attached hydrogen (secondary N) is 2. The first-order valence-corrected chi connectivity index (χ1v) is 17.7. The zero-order valence-electron chi connectivity index (χ0n) is 28.1. The van der Waals surface area contributed by atoms with E-state index in [1.165, 1.54) is 12.1 Å². The molecule has 4 N–H and O–H groups in total. The molecule has 0 radical (unpaired) electrons. The van der Waals surface area contributed by atoms with E-state index in [4.69, 9.17) is 9.47 Å². The summed E-state index contributed by atoms with van der Waals surface area (Å²) >= 11 is 0. The van der Waals surface area contributed by atoms with E-state index in [-0.39, 0.29) is 23.5 Å². The number of aliphatic hydroxyl groups excluding tert-OH is 1. The Morgan fingerprint density at radius 2 is 1.76 bits per heavy atom. The van der Waals surface area contributed by atoms with Crippen LogP contribution in [-0.4, -0.2) is 71.6 Å². The van der Waals surface area contributed by atoms with Crippen molar-refractivity contribution >= 4 is 22.7 Å². The van der Waals surface area contributed by atoms with Crippen LogP contribution in [0.25, 0.3) is 10.9 Å². The Kier molecular flexibility index (Phi) is 11.8. The van der Waals surface area contributed by atoms with Crippen LogP contribution < -0.4 is 20.5 Å². The van der Waals surface area contributed by atoms with E-state index in [0.29, 0.717) is 42.1 Å². The molecule has 0 aliphatic carbocycles. The molecule has 4 heterocycles. The molecular weight excluding hydrogens is 620 g/mol. The van der Waals surface area contributed by atoms with Gasteiger partial charge in [0.1, 0.15) is 17.6 Å². The molecule has 1 aromatic heterocycles. The Balaban J connectivity index is 0.914. The number of amides is 1. The molecule has 0 unspecified atom stereocenters. The van der Waals surface area contributed by atoms with E-state index in [2.05, 4.69) is 15.2 Å². The van der Waals surface area contributed by atoms with Crippen molar-refractivity contribution in [2.24, 2.45) is 5.92 Å². The van der Waals surface area contributed by atoms with Crippen LogP contribution in [0.3, 0.4) is 0 Å². The molecule has 3 aliphatic heterocycles. The summed E-state index contributed by atoms with van der Waals surface area (Å²) in [6.45, 7) is 5.21. The summed E-state index contributed by atoms with van der Waals surface area (Å²) < 4.78 is 12.3. The van der Waals surface area contributed by atoms with Crippen molar-refractivity contribution in [1.82, 2.24) is 15.2 Å². The van der Waals surface area contributed by atoms with Crippen LogP contribution in [0, 0.1) is 5.92 Å². The zero-order chi connectivity index (χ0) is 34.0. The standard InChI is InChI=1S/C39H48N4O6/c44-34-16-14-32(33-15-17-37(46)41-38(33)34)35(45)25-40-20-7-2-1-3-8-23-48-31-13-9-12-30(24-31)43(26-28-10-5-4-6-11-28)39(47)49-36-27-42-21-18-29(36)19-22-42/h4-6,9-17,24,29,35-36,40,44-45H,1-3,7-8,18-23,25-27H2,(H,41,46)/t35-,36-/m0/s1. The second kappa shape index (κ2) is 16.8. The zero-order valence-corrected chi connectivity index (χ0v) is 28.1. The first-order chi connectivity index (χ1) is 23.9. The van der Waals surface area contributed by atoms with E-state index in [1.807, 2.05) is 54.6 Å². The number of aliphatic hydroxyl groups is 1. The van der Waals surface area contributed by atoms with Crippen LogP contribution in [0.2, 0.25) is 0 Å². The number of H-pyrrole nitrogens is 1. The Bertz CT molecular complexity index is 1720. The van der Waals surface area contributed by atoms with Crippen molar-refractivity contribution in [3.8, 4) is 11.5 Å². The molecule has 260 valence electrons. The Morgan fingerprint density at radius 3 is 2.55 bits per heavy atom. The number of phenolic OH excluding ortho intramolecular Hbond substituents is 1. The van der Waals surface area contributed by atoms with Crippen molar-refractivity contribution in [2.45, 2.75) is 63.7 Å². The number of aromatic nitrogens is 1. The van der Waals surface area contributed by atoms with E-state index in [0.717, 1.165) is 88.1 Å². The predicted molar refractivity (Wildman–Crippen MR) is 191 cm³/mol. The van der Waals surface area contributed by atoms with E-state index >= 15 is 0 Å². The average molecular weight is 669 g/mol. The van der Waals surface area contributed by atoms with Crippen LogP contribution in [0.5, 0.6) is 11.5 Å². The summed E-state index contributed by atoms with van der Waals surface area (Å²) in [5.74, 6) is 1.17. The third-order valence-electron chi connectivity index (χ3n) is 9.75. The SMILES string of the molecule is O=C(O[C@H]1CN2CCC1CC2)N(Cc1ccccc1)c1cccc(OCCCCCCCNC[C@H](O)c2ccc(O)c3[nH]c(=O)ccc23)c1. The smallest absolute Gasteiger partial charge is 0.414 e. The van der Waals surface area contributed by atoms with Gasteiger partial charge in [0, 0.05) is 30.6 Å². The molecule has 0 spiro atoms. The largest absolute Gasteiger partial charge is 0.506 e. The van der Waals surface area contributed by atoms with Gasteiger partial charge in [0.15, 0.2) is 0 Å². The summed E-state index contributed by atoms with van der Waals surface area (Å²) in [5, 5.41) is 24.7. The van der Waals surface area contributed by atoms with Gasteiger partial charge in [0.25, 0.3) is 0 Å². The number of phenols is 1. The Labute approximate surface area is 287 Å². The number of hydrogen-bond donors (Lipinski definition) is 4. The monoisotopic (exact) mass is 668 g/mol. The lowest BCUT2D eigenvalue weighted by Crippen LogP contribution is -2.53. The average Bonchev–Trinajstić information content (AvgIpc) is 3.12. The molecule has 2 atom stereocenters. The summed E-state index contributed by atoms with van der Waals surface area (Å²) in [4.78, 5) is 32.0. The number of ether oxygens (including phenoxy) is 2. The van der Waals surface area contributed by atoms with Crippen molar-refractivity contribution < 1.29 is 24.5 Å². The normalized spacial score (nSPS) is 19.1. The first kappa shape index (κ1) is 34.5. The van der Waals surface area contributed by atoms with Crippen LogP contribution >= 0.6 is 0 Å². The van der Waals surface area contributed by atoms with Crippen LogP contribution in [-0.2, 0) is 11.3 Å². The molecule has 4 aromatic rings. The van der Waals surface area contributed by atoms with E-state index < -0.39 is 6.10 Å². The lowest BCUT2D eigenvalue weighted by molar-refractivity contribution is -0.0311. The van der Waals surface area contributed by atoms with Crippen LogP contribution in [0.15, 0.2) is 83.7 Å². The molecule has 49 heavy (non-hydrogen) atoms. The van der Waals surface area contributed by atoms with Gasteiger partial charge in [0.05, 0.1) is 30.5 Å². The molecule has 3 fully saturated rings. The maximum absolute atomic E-state index is 13.6. The number of piperidine rings is 3. The van der Waals surface area contributed by atoms with Crippen molar-refractivity contribution in [3.63, 3.8) is 0 Å². The number of pyridine rings is 1. The van der Waals surface area contributed by atoms with Gasteiger partial charge in [-0.2, -0.15) is 0 Å². The number of rotatable bonds is 16. The minimum atomic E-state index is -0.758. The highest BCUT2D eigenvalue weighted by Crippen LogP contribution is 2.32. The third-order valence-corrected chi connectivity index (χ3v) is 9.75. The number of unbranched alkanes of at least 4 members (excludes halogenated alkanes) is 4. The number of benzene rings is 3. The lowest BCUT2D eigenvalue weighted by atomic mass is 9.86. The highest BCUT2D eigenvalue weighted by atomic mass is 16.6. The Hall–Kier alpha value is -4.38. The molecule has 3 aliphatic rings. The van der Waals surface area contributed by atoms with Gasteiger partial charge in [-0.3, -0.25) is 14.6 Å². The van der Waals surface area contributed by atoms with Gasteiger partial charge in [0.2, 0.25) is 5.56 Å². The molecule has 7 rings (SSSR count). The molecule has 2 bridgehead atoms. The fraction of sp³-hybridized carbons (Fsp3) is 0.436. The second-order valence-corrected chi connectivity index (χ2v) is 13.3. The fourth-order valence-electron chi connectivity index (χ4n) is 6.98. The van der Waals surface area contributed by atoms with Crippen LogP contribution in [0.4, 0.5) is 10.5 Å². The Morgan fingerprint density at radius 1 is 0.959 bits per heavy atom. The quantitative estimate of drug-likeness (QED) is 0.105.